The molecule has 1 rings (SSSR count). The van der Waals surface area contributed by atoms with E-state index in [1.807, 2.05) is 0 Å². The average Bonchev–Trinajstić information content (AvgIpc) is 2.22. The van der Waals surface area contributed by atoms with Gasteiger partial charge in [0.05, 0.1) is 0 Å². The van der Waals surface area contributed by atoms with E-state index < -0.39 is 17.7 Å². The largest absolute Gasteiger partial charge is 0.330 e. The lowest BCUT2D eigenvalue weighted by molar-refractivity contribution is 0.532. The van der Waals surface area contributed by atoms with Crippen molar-refractivity contribution in [2.24, 2.45) is 11.5 Å². The topological polar surface area (TPSA) is 52.0 Å². The molecule has 0 aliphatic rings. The lowest BCUT2D eigenvalue weighted by atomic mass is 10.0. The van der Waals surface area contributed by atoms with Crippen LogP contribution in [0, 0.1) is 11.6 Å². The van der Waals surface area contributed by atoms with Gasteiger partial charge in [-0.1, -0.05) is 6.42 Å². The van der Waals surface area contributed by atoms with Gasteiger partial charge in [0, 0.05) is 11.6 Å². The highest BCUT2D eigenvalue weighted by molar-refractivity contribution is 5.85. The Kier molecular flexibility index (Phi) is 7.21. The van der Waals surface area contributed by atoms with Gasteiger partial charge in [-0.25, -0.2) is 8.78 Å². The summed E-state index contributed by atoms with van der Waals surface area (Å²) >= 11 is 0. The van der Waals surface area contributed by atoms with Crippen LogP contribution in [0.5, 0.6) is 0 Å². The summed E-state index contributed by atoms with van der Waals surface area (Å²) in [6.07, 6.45) is 2.30. The van der Waals surface area contributed by atoms with Crippen LogP contribution in [-0.4, -0.2) is 6.54 Å². The van der Waals surface area contributed by atoms with E-state index in [1.54, 1.807) is 0 Å². The van der Waals surface area contributed by atoms with Crippen molar-refractivity contribution in [3.8, 4) is 0 Å². The Morgan fingerprint density at radius 3 is 2.50 bits per heavy atom. The van der Waals surface area contributed by atoms with E-state index in [-0.39, 0.29) is 18.0 Å². The summed E-state index contributed by atoms with van der Waals surface area (Å²) in [6.45, 7) is 0.596. The average molecular weight is 251 g/mol. The molecular formula is C11H17ClF2N2. The lowest BCUT2D eigenvalue weighted by Gasteiger charge is -2.12. The van der Waals surface area contributed by atoms with Crippen LogP contribution in [0.4, 0.5) is 8.78 Å². The van der Waals surface area contributed by atoms with Crippen molar-refractivity contribution in [3.63, 3.8) is 0 Å². The number of rotatable bonds is 5. The fraction of sp³-hybridized carbons (Fsp3) is 0.455. The zero-order valence-corrected chi connectivity index (χ0v) is 9.77. The molecule has 0 aliphatic heterocycles. The summed E-state index contributed by atoms with van der Waals surface area (Å²) in [5.74, 6) is -0.905. The van der Waals surface area contributed by atoms with Crippen LogP contribution < -0.4 is 11.5 Å². The third kappa shape index (κ3) is 4.43. The molecule has 16 heavy (non-hydrogen) atoms. The normalized spacial score (nSPS) is 12.0. The maximum Gasteiger partial charge on any atom is 0.128 e. The number of unbranched alkanes of at least 4 members (excludes halogenated alkanes) is 1. The molecule has 0 bridgehead atoms. The maximum atomic E-state index is 13.3. The van der Waals surface area contributed by atoms with Gasteiger partial charge in [-0.05, 0) is 37.6 Å². The zero-order valence-electron chi connectivity index (χ0n) is 8.96. The summed E-state index contributed by atoms with van der Waals surface area (Å²) in [6, 6.07) is 2.90. The minimum absolute atomic E-state index is 0. The second-order valence-electron chi connectivity index (χ2n) is 3.56. The van der Waals surface area contributed by atoms with Gasteiger partial charge in [0.15, 0.2) is 0 Å². The Labute approximate surface area is 100 Å². The second-order valence-corrected chi connectivity index (χ2v) is 3.56. The van der Waals surface area contributed by atoms with Gasteiger partial charge in [-0.15, -0.1) is 12.4 Å². The zero-order chi connectivity index (χ0) is 11.3. The highest BCUT2D eigenvalue weighted by Gasteiger charge is 2.11. The minimum atomic E-state index is -0.458. The van der Waals surface area contributed by atoms with Crippen LogP contribution >= 0.6 is 12.4 Å². The monoisotopic (exact) mass is 250 g/mol. The molecule has 0 unspecified atom stereocenters. The van der Waals surface area contributed by atoms with Crippen molar-refractivity contribution in [1.82, 2.24) is 0 Å². The highest BCUT2D eigenvalue weighted by Crippen LogP contribution is 2.20. The van der Waals surface area contributed by atoms with Crippen LogP contribution in [-0.2, 0) is 0 Å². The fourth-order valence-electron chi connectivity index (χ4n) is 1.46. The van der Waals surface area contributed by atoms with Gasteiger partial charge in [-0.2, -0.15) is 0 Å². The molecular weight excluding hydrogens is 234 g/mol. The third-order valence-electron chi connectivity index (χ3n) is 2.33. The quantitative estimate of drug-likeness (QED) is 0.789. The summed E-state index contributed by atoms with van der Waals surface area (Å²) in [5.41, 5.74) is 11.3. The molecule has 0 heterocycles. The molecule has 1 atom stereocenters. The molecule has 2 nitrogen and oxygen atoms in total. The summed E-state index contributed by atoms with van der Waals surface area (Å²) < 4.78 is 26.1. The lowest BCUT2D eigenvalue weighted by Crippen LogP contribution is -2.13. The molecule has 5 heteroatoms. The molecule has 0 fully saturated rings. The molecule has 0 aliphatic carbocycles. The van der Waals surface area contributed by atoms with E-state index in [1.165, 1.54) is 0 Å². The van der Waals surface area contributed by atoms with Gasteiger partial charge in [0.25, 0.3) is 0 Å². The van der Waals surface area contributed by atoms with Crippen molar-refractivity contribution in [3.05, 3.63) is 35.4 Å². The predicted molar refractivity (Wildman–Crippen MR) is 63.4 cm³/mol. The van der Waals surface area contributed by atoms with Crippen molar-refractivity contribution >= 4 is 12.4 Å². The van der Waals surface area contributed by atoms with Crippen LogP contribution in [0.2, 0.25) is 0 Å². The number of benzene rings is 1. The van der Waals surface area contributed by atoms with E-state index in [9.17, 15) is 8.78 Å². The number of halogens is 3. The fourth-order valence-corrected chi connectivity index (χ4v) is 1.46. The smallest absolute Gasteiger partial charge is 0.128 e. The molecule has 0 aromatic heterocycles. The standard InChI is InChI=1S/C11H16F2N2.ClH/c12-8-4-5-10(13)9(7-8)11(15)3-1-2-6-14;/h4-5,7,11H,1-3,6,14-15H2;1H/t11-;/m0./s1. The van der Waals surface area contributed by atoms with E-state index >= 15 is 0 Å². The van der Waals surface area contributed by atoms with E-state index in [0.29, 0.717) is 13.0 Å². The Morgan fingerprint density at radius 2 is 1.88 bits per heavy atom. The van der Waals surface area contributed by atoms with Crippen molar-refractivity contribution < 1.29 is 8.78 Å². The van der Waals surface area contributed by atoms with Crippen molar-refractivity contribution in [1.29, 1.82) is 0 Å². The van der Waals surface area contributed by atoms with Gasteiger partial charge in [0.2, 0.25) is 0 Å². The van der Waals surface area contributed by atoms with Gasteiger partial charge >= 0.3 is 0 Å². The summed E-state index contributed by atoms with van der Waals surface area (Å²) in [7, 11) is 0. The predicted octanol–water partition coefficient (Wildman–Crippen LogP) is 2.52. The number of hydrogen-bond acceptors (Lipinski definition) is 2. The number of nitrogens with two attached hydrogens (primary N) is 2. The first-order valence-electron chi connectivity index (χ1n) is 5.05. The summed E-state index contributed by atoms with van der Waals surface area (Å²) in [5, 5.41) is 0. The minimum Gasteiger partial charge on any atom is -0.330 e. The Morgan fingerprint density at radius 1 is 1.19 bits per heavy atom. The molecule has 0 saturated heterocycles. The van der Waals surface area contributed by atoms with Crippen molar-refractivity contribution in [2.45, 2.75) is 25.3 Å². The molecule has 0 spiro atoms. The van der Waals surface area contributed by atoms with E-state index in [4.69, 9.17) is 11.5 Å². The Hall–Kier alpha value is -0.710. The maximum absolute atomic E-state index is 13.3. The Bertz CT molecular complexity index is 321. The first kappa shape index (κ1) is 15.3. The second kappa shape index (κ2) is 7.54. The third-order valence-corrected chi connectivity index (χ3v) is 2.33. The first-order chi connectivity index (χ1) is 7.15. The Balaban J connectivity index is 0.00000225. The molecule has 4 N–H and O–H groups in total. The van der Waals surface area contributed by atoms with Crippen LogP contribution in [0.1, 0.15) is 30.9 Å². The molecule has 0 radical (unpaired) electrons. The van der Waals surface area contributed by atoms with Crippen LogP contribution in [0.25, 0.3) is 0 Å². The van der Waals surface area contributed by atoms with E-state index in [0.717, 1.165) is 31.0 Å². The molecule has 0 amide bonds. The molecule has 1 aromatic rings. The summed E-state index contributed by atoms with van der Waals surface area (Å²) in [4.78, 5) is 0. The van der Waals surface area contributed by atoms with Gasteiger partial charge in [0.1, 0.15) is 11.6 Å². The SMILES string of the molecule is Cl.NCCCC[C@H](N)c1cc(F)ccc1F. The van der Waals surface area contributed by atoms with Crippen LogP contribution in [0.15, 0.2) is 18.2 Å². The number of hydrogen-bond donors (Lipinski definition) is 2. The first-order valence-corrected chi connectivity index (χ1v) is 5.05. The highest BCUT2D eigenvalue weighted by atomic mass is 35.5. The van der Waals surface area contributed by atoms with Crippen LogP contribution in [0.3, 0.4) is 0 Å². The van der Waals surface area contributed by atoms with Crippen molar-refractivity contribution in [2.75, 3.05) is 6.54 Å². The molecule has 0 saturated carbocycles. The molecule has 92 valence electrons. The van der Waals surface area contributed by atoms with Gasteiger partial charge in [-0.3, -0.25) is 0 Å². The van der Waals surface area contributed by atoms with E-state index in [2.05, 4.69) is 0 Å². The van der Waals surface area contributed by atoms with Gasteiger partial charge < -0.3 is 11.5 Å². The molecule has 1 aromatic carbocycles.